The highest BCUT2D eigenvalue weighted by atomic mass is 127. The number of nitrogens with zero attached hydrogens (tertiary/aromatic N) is 1. The summed E-state index contributed by atoms with van der Waals surface area (Å²) in [7, 11) is -1.16. The number of sulfone groups is 1. The Balaban J connectivity index is 0.00000288. The first-order valence-corrected chi connectivity index (χ1v) is 10.6. The Hall–Kier alpha value is -0.0900. The smallest absolute Gasteiger partial charge is 0.191 e. The number of hydrogen-bond acceptors (Lipinski definition) is 4. The number of aliphatic imine (C=N–C) groups is 1. The van der Waals surface area contributed by atoms with E-state index in [9.17, 15) is 8.42 Å². The van der Waals surface area contributed by atoms with Gasteiger partial charge in [0.25, 0.3) is 0 Å². The van der Waals surface area contributed by atoms with Crippen molar-refractivity contribution in [2.75, 3.05) is 31.7 Å². The van der Waals surface area contributed by atoms with Crippen LogP contribution in [0.2, 0.25) is 0 Å². The van der Waals surface area contributed by atoms with Crippen molar-refractivity contribution in [2.24, 2.45) is 4.99 Å². The van der Waals surface area contributed by atoms with Gasteiger partial charge >= 0.3 is 0 Å². The van der Waals surface area contributed by atoms with Crippen LogP contribution >= 0.6 is 24.0 Å². The molecule has 2 fully saturated rings. The molecule has 1 saturated carbocycles. The van der Waals surface area contributed by atoms with Crippen LogP contribution in [-0.2, 0) is 14.6 Å². The molecule has 1 unspecified atom stereocenters. The molecule has 6 nitrogen and oxygen atoms in total. The molecule has 1 aliphatic heterocycles. The lowest BCUT2D eigenvalue weighted by Crippen LogP contribution is -2.51. The van der Waals surface area contributed by atoms with Crippen LogP contribution in [0.1, 0.15) is 51.9 Å². The van der Waals surface area contributed by atoms with Gasteiger partial charge in [-0.05, 0) is 25.7 Å². The maximum atomic E-state index is 11.6. The van der Waals surface area contributed by atoms with E-state index in [1.54, 1.807) is 7.05 Å². The van der Waals surface area contributed by atoms with Crippen molar-refractivity contribution in [2.45, 2.75) is 63.5 Å². The number of ether oxygens (including phenoxy) is 1. The zero-order valence-electron chi connectivity index (χ0n) is 14.8. The fourth-order valence-electron chi connectivity index (χ4n) is 3.43. The third kappa shape index (κ3) is 6.67. The van der Waals surface area contributed by atoms with Crippen LogP contribution in [0.15, 0.2) is 4.99 Å². The second kappa shape index (κ2) is 10.2. The van der Waals surface area contributed by atoms with Crippen LogP contribution in [0.25, 0.3) is 0 Å². The van der Waals surface area contributed by atoms with Crippen LogP contribution in [-0.4, -0.2) is 57.7 Å². The van der Waals surface area contributed by atoms with Gasteiger partial charge in [-0.2, -0.15) is 0 Å². The van der Waals surface area contributed by atoms with Crippen LogP contribution in [0.5, 0.6) is 0 Å². The Kier molecular flexibility index (Phi) is 9.29. The number of nitrogens with one attached hydrogen (secondary N) is 2. The molecule has 2 N–H and O–H groups in total. The van der Waals surface area contributed by atoms with E-state index < -0.39 is 9.84 Å². The Bertz CT molecular complexity index is 505. The van der Waals surface area contributed by atoms with E-state index >= 15 is 0 Å². The van der Waals surface area contributed by atoms with Gasteiger partial charge in [-0.1, -0.05) is 26.2 Å². The van der Waals surface area contributed by atoms with Gasteiger partial charge in [0.2, 0.25) is 0 Å². The molecule has 1 atom stereocenters. The van der Waals surface area contributed by atoms with Gasteiger partial charge in [0.1, 0.15) is 0 Å². The third-order valence-corrected chi connectivity index (χ3v) is 6.52. The number of halogens is 1. The van der Waals surface area contributed by atoms with Gasteiger partial charge in [0, 0.05) is 26.2 Å². The Morgan fingerprint density at radius 2 is 2.00 bits per heavy atom. The van der Waals surface area contributed by atoms with Crippen molar-refractivity contribution in [3.8, 4) is 0 Å². The molecule has 8 heteroatoms. The van der Waals surface area contributed by atoms with Crippen molar-refractivity contribution in [1.82, 2.24) is 10.6 Å². The van der Waals surface area contributed by atoms with Gasteiger partial charge in [-0.25, -0.2) is 8.42 Å². The zero-order chi connectivity index (χ0) is 16.8. The summed E-state index contributed by atoms with van der Waals surface area (Å²) in [5.41, 5.74) is -0.104. The molecule has 24 heavy (non-hydrogen) atoms. The molecular formula is C16H32IN3O3S. The molecule has 0 aromatic carbocycles. The van der Waals surface area contributed by atoms with Crippen LogP contribution in [0, 0.1) is 0 Å². The predicted molar refractivity (Wildman–Crippen MR) is 109 cm³/mol. The monoisotopic (exact) mass is 473 g/mol. The molecule has 2 rings (SSSR count). The summed E-state index contributed by atoms with van der Waals surface area (Å²) in [5.74, 6) is 1.15. The topological polar surface area (TPSA) is 79.8 Å². The molecule has 0 aromatic heterocycles. The first-order valence-electron chi connectivity index (χ1n) is 8.80. The van der Waals surface area contributed by atoms with Gasteiger partial charge in [-0.15, -0.1) is 24.0 Å². The second-order valence-electron chi connectivity index (χ2n) is 6.76. The average Bonchev–Trinajstić information content (AvgIpc) is 2.89. The highest BCUT2D eigenvalue weighted by molar-refractivity contribution is 14.0. The van der Waals surface area contributed by atoms with Crippen molar-refractivity contribution < 1.29 is 13.2 Å². The molecule has 0 amide bonds. The van der Waals surface area contributed by atoms with Gasteiger partial charge in [0.05, 0.1) is 17.1 Å². The molecule has 142 valence electrons. The molecular weight excluding hydrogens is 441 g/mol. The summed E-state index contributed by atoms with van der Waals surface area (Å²) in [6.45, 7) is 3.64. The number of hydrogen-bond donors (Lipinski definition) is 2. The predicted octanol–water partition coefficient (Wildman–Crippen LogP) is 2.09. The lowest BCUT2D eigenvalue weighted by molar-refractivity contribution is -0.0657. The number of rotatable bonds is 6. The Labute approximate surface area is 163 Å². The first-order chi connectivity index (χ1) is 11.0. The van der Waals surface area contributed by atoms with E-state index in [0.717, 1.165) is 32.4 Å². The minimum absolute atomic E-state index is 0. The molecule has 0 aromatic rings. The third-order valence-electron chi connectivity index (χ3n) is 4.75. The summed E-state index contributed by atoms with van der Waals surface area (Å²) < 4.78 is 29.3. The van der Waals surface area contributed by atoms with E-state index in [0.29, 0.717) is 12.4 Å². The Morgan fingerprint density at radius 3 is 2.54 bits per heavy atom. The largest absolute Gasteiger partial charge is 0.373 e. The van der Waals surface area contributed by atoms with E-state index in [1.807, 2.05) is 0 Å². The normalized spacial score (nSPS) is 25.8. The molecule has 1 saturated heterocycles. The maximum Gasteiger partial charge on any atom is 0.191 e. The highest BCUT2D eigenvalue weighted by Crippen LogP contribution is 2.31. The van der Waals surface area contributed by atoms with Crippen LogP contribution < -0.4 is 10.6 Å². The minimum Gasteiger partial charge on any atom is -0.373 e. The highest BCUT2D eigenvalue weighted by Gasteiger charge is 2.33. The summed E-state index contributed by atoms with van der Waals surface area (Å²) in [5, 5.41) is 6.60. The maximum absolute atomic E-state index is 11.6. The minimum atomic E-state index is -2.88. The molecule has 0 spiro atoms. The second-order valence-corrected chi connectivity index (χ2v) is 8.99. The molecule has 1 aliphatic carbocycles. The summed E-state index contributed by atoms with van der Waals surface area (Å²) in [4.78, 5) is 4.24. The molecule has 0 bridgehead atoms. The van der Waals surface area contributed by atoms with Crippen molar-refractivity contribution in [3.63, 3.8) is 0 Å². The molecule has 2 aliphatic rings. The summed E-state index contributed by atoms with van der Waals surface area (Å²) in [6.07, 6.45) is 7.53. The van der Waals surface area contributed by atoms with E-state index in [1.165, 1.54) is 19.3 Å². The quantitative estimate of drug-likeness (QED) is 0.351. The van der Waals surface area contributed by atoms with Crippen molar-refractivity contribution >= 4 is 39.8 Å². The fraction of sp³-hybridized carbons (Fsp3) is 0.938. The van der Waals surface area contributed by atoms with Gasteiger partial charge < -0.3 is 15.4 Å². The van der Waals surface area contributed by atoms with Gasteiger partial charge in [-0.3, -0.25) is 4.99 Å². The standard InChI is InChI=1S/C16H31N3O3S.HI/c1-3-10-22-16(8-5-4-6-9-16)13-18-15(17-2)19-14-7-11-23(20,21)12-14;/h14H,3-13H2,1-2H3,(H2,17,18,19);1H. The summed E-state index contributed by atoms with van der Waals surface area (Å²) >= 11 is 0. The SMILES string of the molecule is CCCOC1(CNC(=NC)NC2CCS(=O)(=O)C2)CCCCC1.I. The zero-order valence-corrected chi connectivity index (χ0v) is 18.0. The fourth-order valence-corrected chi connectivity index (χ4v) is 5.10. The van der Waals surface area contributed by atoms with Crippen molar-refractivity contribution in [3.05, 3.63) is 0 Å². The molecule has 1 heterocycles. The Morgan fingerprint density at radius 1 is 1.29 bits per heavy atom. The van der Waals surface area contributed by atoms with Gasteiger partial charge in [0.15, 0.2) is 15.8 Å². The van der Waals surface area contributed by atoms with Crippen LogP contribution in [0.3, 0.4) is 0 Å². The van der Waals surface area contributed by atoms with Crippen LogP contribution in [0.4, 0.5) is 0 Å². The average molecular weight is 473 g/mol. The summed E-state index contributed by atoms with van der Waals surface area (Å²) in [6, 6.07) is -0.0370. The lowest BCUT2D eigenvalue weighted by atomic mass is 9.84. The molecule has 0 radical (unpaired) electrons. The van der Waals surface area contributed by atoms with Crippen molar-refractivity contribution in [1.29, 1.82) is 0 Å². The van der Waals surface area contributed by atoms with E-state index in [-0.39, 0.29) is 47.1 Å². The van der Waals surface area contributed by atoms with E-state index in [2.05, 4.69) is 22.5 Å². The van der Waals surface area contributed by atoms with E-state index in [4.69, 9.17) is 4.74 Å². The first kappa shape index (κ1) is 22.0. The number of guanidine groups is 1. The lowest BCUT2D eigenvalue weighted by Gasteiger charge is -2.38.